The van der Waals surface area contributed by atoms with Crippen molar-refractivity contribution in [2.75, 3.05) is 18.4 Å². The molecular weight excluding hydrogens is 482 g/mol. The van der Waals surface area contributed by atoms with Crippen LogP contribution in [0.15, 0.2) is 48.5 Å². The number of carbonyl (C=O) groups is 3. The molecule has 2 fully saturated rings. The van der Waals surface area contributed by atoms with Crippen molar-refractivity contribution in [3.8, 4) is 23.7 Å². The highest BCUT2D eigenvalue weighted by Gasteiger charge is 2.39. The predicted octanol–water partition coefficient (Wildman–Crippen LogP) is 1.37. The lowest BCUT2D eigenvalue weighted by Crippen LogP contribution is -2.50. The van der Waals surface area contributed by atoms with Gasteiger partial charge in [-0.25, -0.2) is 5.48 Å². The Kier molecular flexibility index (Phi) is 9.12. The van der Waals surface area contributed by atoms with Crippen LogP contribution < -0.4 is 27.2 Å². The number of benzene rings is 2. The molecule has 2 aliphatic carbocycles. The first-order valence-electron chi connectivity index (χ1n) is 12.7. The smallest absolute Gasteiger partial charge is 0.267 e. The van der Waals surface area contributed by atoms with Gasteiger partial charge in [-0.2, -0.15) is 0 Å². The molecule has 4 atom stereocenters. The van der Waals surface area contributed by atoms with Crippen LogP contribution in [0.3, 0.4) is 0 Å². The summed E-state index contributed by atoms with van der Waals surface area (Å²) in [4.78, 5) is 36.0. The van der Waals surface area contributed by atoms with Gasteiger partial charge >= 0.3 is 0 Å². The number of hydrogen-bond acceptors (Lipinski definition) is 6. The van der Waals surface area contributed by atoms with Gasteiger partial charge in [0.1, 0.15) is 6.04 Å². The maximum absolute atomic E-state index is 12.3. The van der Waals surface area contributed by atoms with Gasteiger partial charge in [0.25, 0.3) is 11.8 Å². The zero-order valence-electron chi connectivity index (χ0n) is 20.9. The number of amides is 3. The maximum atomic E-state index is 12.3. The van der Waals surface area contributed by atoms with Gasteiger partial charge < -0.3 is 21.7 Å². The van der Waals surface area contributed by atoms with E-state index >= 15 is 0 Å². The minimum atomic E-state index is -1.04. The third kappa shape index (κ3) is 7.21. The van der Waals surface area contributed by atoms with E-state index in [1.165, 1.54) is 31.2 Å². The summed E-state index contributed by atoms with van der Waals surface area (Å²) < 4.78 is 0. The molecule has 2 aromatic rings. The van der Waals surface area contributed by atoms with E-state index in [0.29, 0.717) is 23.7 Å². The highest BCUT2D eigenvalue weighted by Crippen LogP contribution is 2.44. The normalized spacial score (nSPS) is 19.8. The molecule has 38 heavy (non-hydrogen) atoms. The summed E-state index contributed by atoms with van der Waals surface area (Å²) in [5.74, 6) is 11.7. The number of hydrogen-bond donors (Lipinski definition) is 6. The fourth-order valence-corrected chi connectivity index (χ4v) is 5.02. The van der Waals surface area contributed by atoms with Crippen LogP contribution in [-0.2, 0) is 9.59 Å². The number of fused-ring (bicyclic) bond motifs is 2. The molecule has 2 saturated carbocycles. The molecule has 9 nitrogen and oxygen atoms in total. The molecule has 0 saturated heterocycles. The topological polar surface area (TPSA) is 146 Å². The first kappa shape index (κ1) is 26.9. The monoisotopic (exact) mass is 513 g/mol. The number of rotatable bonds is 8. The molecule has 2 aliphatic rings. The van der Waals surface area contributed by atoms with Crippen LogP contribution in [0.25, 0.3) is 0 Å². The molecule has 3 amide bonds. The molecule has 2 bridgehead atoms. The Bertz CT molecular complexity index is 1280. The zero-order valence-corrected chi connectivity index (χ0v) is 20.9. The summed E-state index contributed by atoms with van der Waals surface area (Å²) in [6.07, 6.45) is 5.13. The molecule has 0 heterocycles. The Morgan fingerprint density at radius 1 is 0.947 bits per heavy atom. The third-order valence-electron chi connectivity index (χ3n) is 7.02. The predicted molar refractivity (Wildman–Crippen MR) is 143 cm³/mol. The van der Waals surface area contributed by atoms with E-state index in [1.54, 1.807) is 24.3 Å². The van der Waals surface area contributed by atoms with Crippen LogP contribution in [-0.4, -0.2) is 48.1 Å². The Hall–Kier alpha value is -4.15. The Balaban J connectivity index is 1.23. The first-order valence-corrected chi connectivity index (χ1v) is 12.7. The van der Waals surface area contributed by atoms with Gasteiger partial charge in [-0.1, -0.05) is 18.3 Å². The summed E-state index contributed by atoms with van der Waals surface area (Å²) >= 11 is 0. The van der Waals surface area contributed by atoms with Crippen molar-refractivity contribution < 1.29 is 19.6 Å². The van der Waals surface area contributed by atoms with Gasteiger partial charge in [0, 0.05) is 35.0 Å². The second kappa shape index (κ2) is 12.9. The average Bonchev–Trinajstić information content (AvgIpc) is 3.57. The lowest BCUT2D eigenvalue weighted by Gasteiger charge is -2.22. The second-order valence-electron chi connectivity index (χ2n) is 9.60. The van der Waals surface area contributed by atoms with Gasteiger partial charge in [0.15, 0.2) is 0 Å². The molecule has 196 valence electrons. The van der Waals surface area contributed by atoms with E-state index in [4.69, 9.17) is 10.9 Å². The SMILES string of the molecule is NC[C@H](NC(=O)c1ccc(C#CC#Cc2ccc(NC(=O)CNC3C[C@H]4CC[C@@H]3C4)cc2)cc1)C(=O)NO. The van der Waals surface area contributed by atoms with E-state index < -0.39 is 17.9 Å². The highest BCUT2D eigenvalue weighted by atomic mass is 16.5. The third-order valence-corrected chi connectivity index (χ3v) is 7.02. The first-order chi connectivity index (χ1) is 18.4. The van der Waals surface area contributed by atoms with E-state index in [0.717, 1.165) is 23.1 Å². The number of carbonyl (C=O) groups excluding carboxylic acids is 3. The van der Waals surface area contributed by atoms with Crippen molar-refractivity contribution in [3.05, 3.63) is 65.2 Å². The van der Waals surface area contributed by atoms with Crippen LogP contribution >= 0.6 is 0 Å². The molecule has 2 aromatic carbocycles. The summed E-state index contributed by atoms with van der Waals surface area (Å²) in [7, 11) is 0. The van der Waals surface area contributed by atoms with Crippen molar-refractivity contribution >= 4 is 23.4 Å². The van der Waals surface area contributed by atoms with Gasteiger partial charge in [0.2, 0.25) is 5.91 Å². The molecule has 7 N–H and O–H groups in total. The lowest BCUT2D eigenvalue weighted by atomic mass is 9.95. The quantitative estimate of drug-likeness (QED) is 0.179. The number of hydroxylamine groups is 1. The minimum absolute atomic E-state index is 0.0455. The molecule has 0 aromatic heterocycles. The van der Waals surface area contributed by atoms with E-state index in [9.17, 15) is 14.4 Å². The standard InChI is InChI=1S/C29H31N5O4/c30-17-26(29(37)34-38)33-28(36)22-10-5-19(6-11-22)3-1-2-4-20-8-13-24(14-9-20)32-27(35)18-31-25-16-21-7-12-23(25)15-21/h5-6,8-11,13-14,21,23,25-26,31,38H,7,12,15-18,30H2,(H,32,35)(H,33,36)(H,34,37)/t21-,23+,25?,26-/m0/s1. The maximum Gasteiger partial charge on any atom is 0.267 e. The van der Waals surface area contributed by atoms with Crippen LogP contribution in [0.1, 0.15) is 47.2 Å². The molecule has 0 spiro atoms. The number of nitrogens with two attached hydrogens (primary N) is 1. The molecule has 0 radical (unpaired) electrons. The summed E-state index contributed by atoms with van der Waals surface area (Å²) in [5, 5.41) is 17.5. The number of nitrogens with one attached hydrogen (secondary N) is 4. The average molecular weight is 514 g/mol. The van der Waals surface area contributed by atoms with E-state index in [1.807, 2.05) is 24.3 Å². The molecular formula is C29H31N5O4. The fraction of sp³-hybridized carbons (Fsp3) is 0.345. The van der Waals surface area contributed by atoms with Gasteiger partial charge in [0.05, 0.1) is 6.54 Å². The summed E-state index contributed by atoms with van der Waals surface area (Å²) in [5.41, 5.74) is 9.38. The largest absolute Gasteiger partial charge is 0.339 e. The van der Waals surface area contributed by atoms with Crippen LogP contribution in [0.2, 0.25) is 0 Å². The molecule has 0 aliphatic heterocycles. The molecule has 4 rings (SSSR count). The van der Waals surface area contributed by atoms with Crippen molar-refractivity contribution in [3.63, 3.8) is 0 Å². The summed E-state index contributed by atoms with van der Waals surface area (Å²) in [6, 6.07) is 13.2. The van der Waals surface area contributed by atoms with Gasteiger partial charge in [-0.3, -0.25) is 19.6 Å². The van der Waals surface area contributed by atoms with Gasteiger partial charge in [-0.05, 0) is 91.5 Å². The van der Waals surface area contributed by atoms with Crippen LogP contribution in [0, 0.1) is 35.5 Å². The van der Waals surface area contributed by atoms with Gasteiger partial charge in [-0.15, -0.1) is 0 Å². The Morgan fingerprint density at radius 3 is 2.16 bits per heavy atom. The van der Waals surface area contributed by atoms with Crippen molar-refractivity contribution in [1.29, 1.82) is 0 Å². The van der Waals surface area contributed by atoms with Crippen molar-refractivity contribution in [2.45, 2.75) is 37.8 Å². The number of anilines is 1. The minimum Gasteiger partial charge on any atom is -0.339 e. The van der Waals surface area contributed by atoms with Crippen LogP contribution in [0.5, 0.6) is 0 Å². The summed E-state index contributed by atoms with van der Waals surface area (Å²) in [6.45, 7) is 0.169. The fourth-order valence-electron chi connectivity index (χ4n) is 5.02. The lowest BCUT2D eigenvalue weighted by molar-refractivity contribution is -0.130. The Labute approximate surface area is 221 Å². The van der Waals surface area contributed by atoms with Crippen LogP contribution in [0.4, 0.5) is 5.69 Å². The zero-order chi connectivity index (χ0) is 26.9. The highest BCUT2D eigenvalue weighted by molar-refractivity contribution is 5.97. The molecule has 9 heteroatoms. The molecule has 1 unspecified atom stereocenters. The van der Waals surface area contributed by atoms with Crippen molar-refractivity contribution in [2.24, 2.45) is 17.6 Å². The van der Waals surface area contributed by atoms with E-state index in [2.05, 4.69) is 39.6 Å². The van der Waals surface area contributed by atoms with Crippen molar-refractivity contribution in [1.82, 2.24) is 16.1 Å². The van der Waals surface area contributed by atoms with E-state index in [-0.39, 0.29) is 12.5 Å². The second-order valence-corrected chi connectivity index (χ2v) is 9.60. The Morgan fingerprint density at radius 2 is 1.61 bits per heavy atom.